The molecule has 0 aromatic heterocycles. The molecule has 0 aromatic carbocycles. The average molecular weight is 623 g/mol. The van der Waals surface area contributed by atoms with Gasteiger partial charge in [-0.05, 0) is 62.7 Å². The van der Waals surface area contributed by atoms with Crippen molar-refractivity contribution in [2.45, 2.75) is 121 Å². The van der Waals surface area contributed by atoms with Gasteiger partial charge in [-0.25, -0.2) is 4.79 Å². The second kappa shape index (κ2) is 10.1. The zero-order valence-corrected chi connectivity index (χ0v) is 26.6. The Balaban J connectivity index is 1.03. The van der Waals surface area contributed by atoms with Crippen LogP contribution >= 0.6 is 11.8 Å². The second-order valence-electron chi connectivity index (χ2n) is 14.7. The first kappa shape index (κ1) is 30.4. The molecule has 240 valence electrons. The van der Waals surface area contributed by atoms with Crippen LogP contribution < -0.4 is 0 Å². The molecule has 1 unspecified atom stereocenters. The predicted molar refractivity (Wildman–Crippen MR) is 155 cm³/mol. The summed E-state index contributed by atoms with van der Waals surface area (Å²) >= 11 is 1.54. The molecule has 43 heavy (non-hydrogen) atoms. The minimum absolute atomic E-state index is 0.0403. The highest BCUT2D eigenvalue weighted by molar-refractivity contribution is 7.99. The van der Waals surface area contributed by atoms with Gasteiger partial charge in [0.15, 0.2) is 0 Å². The highest BCUT2D eigenvalue weighted by Crippen LogP contribution is 2.82. The van der Waals surface area contributed by atoms with Crippen LogP contribution in [0, 0.1) is 28.6 Å². The first-order chi connectivity index (χ1) is 20.3. The molecule has 5 fully saturated rings. The maximum absolute atomic E-state index is 13.4. The van der Waals surface area contributed by atoms with Crippen LogP contribution in [0.15, 0.2) is 11.1 Å². The van der Waals surface area contributed by atoms with Crippen molar-refractivity contribution in [2.75, 3.05) is 24.7 Å². The van der Waals surface area contributed by atoms with Crippen molar-refractivity contribution in [2.24, 2.45) is 28.6 Å². The van der Waals surface area contributed by atoms with E-state index >= 15 is 0 Å². The molecule has 13 atom stereocenters. The molecular formula is C32H46O10S. The SMILES string of the molecule is CC1O[C@H](CSCCCC(=O)O[C@@H]2[C@@]3(C(C)C)C[C@H]3[C@@H]3O[C@@]34[C@@]3(C)CCC5=C(COC5=O)[C@@H]3CO[C@]24C)[C@@H](O)[C@H](O)[C@H]1O. The van der Waals surface area contributed by atoms with E-state index in [1.54, 1.807) is 18.7 Å². The lowest BCUT2D eigenvalue weighted by Crippen LogP contribution is -2.73. The number of ether oxygens (including phenoxy) is 5. The highest BCUT2D eigenvalue weighted by atomic mass is 32.2. The highest BCUT2D eigenvalue weighted by Gasteiger charge is 2.92. The quantitative estimate of drug-likeness (QED) is 0.208. The molecule has 4 heterocycles. The van der Waals surface area contributed by atoms with Gasteiger partial charge < -0.3 is 39.0 Å². The van der Waals surface area contributed by atoms with Crippen LogP contribution in [0.25, 0.3) is 0 Å². The van der Waals surface area contributed by atoms with E-state index in [0.29, 0.717) is 49.4 Å². The normalized spacial score (nSPS) is 51.1. The maximum Gasteiger partial charge on any atom is 0.334 e. The summed E-state index contributed by atoms with van der Waals surface area (Å²) in [5.74, 6) is 1.32. The van der Waals surface area contributed by atoms with Crippen LogP contribution in [0.2, 0.25) is 0 Å². The van der Waals surface area contributed by atoms with Gasteiger partial charge in [-0.15, -0.1) is 0 Å². The fourth-order valence-corrected chi connectivity index (χ4v) is 11.0. The zero-order valence-electron chi connectivity index (χ0n) is 25.7. The molecule has 3 saturated heterocycles. The molecule has 7 rings (SSSR count). The van der Waals surface area contributed by atoms with Crippen LogP contribution in [0.3, 0.4) is 0 Å². The Morgan fingerprint density at radius 1 is 1.16 bits per heavy atom. The summed E-state index contributed by atoms with van der Waals surface area (Å²) in [6, 6.07) is 0. The summed E-state index contributed by atoms with van der Waals surface area (Å²) < 4.78 is 31.3. The van der Waals surface area contributed by atoms with E-state index in [1.807, 2.05) is 0 Å². The van der Waals surface area contributed by atoms with Crippen molar-refractivity contribution >= 4 is 23.7 Å². The smallest absolute Gasteiger partial charge is 0.334 e. The lowest BCUT2D eigenvalue weighted by molar-refractivity contribution is -0.265. The van der Waals surface area contributed by atoms with Crippen LogP contribution in [-0.4, -0.2) is 106 Å². The minimum Gasteiger partial charge on any atom is -0.459 e. The van der Waals surface area contributed by atoms with Crippen LogP contribution in [0.1, 0.15) is 66.7 Å². The molecule has 3 N–H and O–H groups in total. The molecular weight excluding hydrogens is 576 g/mol. The Bertz CT molecular complexity index is 1220. The summed E-state index contributed by atoms with van der Waals surface area (Å²) in [5.41, 5.74) is 0.0626. The summed E-state index contributed by atoms with van der Waals surface area (Å²) in [5, 5.41) is 30.2. The number of aliphatic hydroxyl groups is 3. The Morgan fingerprint density at radius 3 is 2.67 bits per heavy atom. The van der Waals surface area contributed by atoms with Gasteiger partial charge >= 0.3 is 11.9 Å². The molecule has 0 bridgehead atoms. The molecule has 4 aliphatic heterocycles. The third-order valence-electron chi connectivity index (χ3n) is 12.6. The molecule has 1 spiro atoms. The summed E-state index contributed by atoms with van der Waals surface area (Å²) in [7, 11) is 0. The summed E-state index contributed by atoms with van der Waals surface area (Å²) in [4.78, 5) is 25.8. The lowest BCUT2D eigenvalue weighted by atomic mass is 9.49. The largest absolute Gasteiger partial charge is 0.459 e. The van der Waals surface area contributed by atoms with E-state index in [2.05, 4.69) is 27.7 Å². The molecule has 11 heteroatoms. The molecule has 10 nitrogen and oxygen atoms in total. The summed E-state index contributed by atoms with van der Waals surface area (Å²) in [6.45, 7) is 11.3. The topological polar surface area (TPSA) is 144 Å². The maximum atomic E-state index is 13.4. The monoisotopic (exact) mass is 622 g/mol. The Morgan fingerprint density at radius 2 is 1.93 bits per heavy atom. The fourth-order valence-electron chi connectivity index (χ4n) is 9.98. The predicted octanol–water partition coefficient (Wildman–Crippen LogP) is 2.15. The lowest BCUT2D eigenvalue weighted by Gasteiger charge is -2.61. The van der Waals surface area contributed by atoms with Crippen molar-refractivity contribution in [1.82, 2.24) is 0 Å². The molecule has 0 aromatic rings. The number of cyclic esters (lactones) is 1. The van der Waals surface area contributed by atoms with Gasteiger partial charge in [0, 0.05) is 34.5 Å². The van der Waals surface area contributed by atoms with Crippen LogP contribution in [-0.2, 0) is 33.3 Å². The number of aliphatic hydroxyl groups excluding tert-OH is 3. The van der Waals surface area contributed by atoms with Crippen molar-refractivity contribution in [3.05, 3.63) is 11.1 Å². The van der Waals surface area contributed by atoms with Gasteiger partial charge in [0.1, 0.15) is 42.2 Å². The molecule has 0 radical (unpaired) electrons. The first-order valence-corrected chi connectivity index (χ1v) is 17.2. The fraction of sp³-hybridized carbons (Fsp3) is 0.875. The van der Waals surface area contributed by atoms with Crippen LogP contribution in [0.5, 0.6) is 0 Å². The number of hydrogen-bond acceptors (Lipinski definition) is 11. The minimum atomic E-state index is -1.24. The van der Waals surface area contributed by atoms with E-state index in [9.17, 15) is 24.9 Å². The van der Waals surface area contributed by atoms with Crippen molar-refractivity contribution < 1.29 is 48.6 Å². The Kier molecular flexibility index (Phi) is 7.18. The molecule has 3 aliphatic carbocycles. The van der Waals surface area contributed by atoms with E-state index in [1.165, 1.54) is 0 Å². The first-order valence-electron chi connectivity index (χ1n) is 16.0. The van der Waals surface area contributed by atoms with Gasteiger partial charge in [0.25, 0.3) is 0 Å². The van der Waals surface area contributed by atoms with E-state index in [4.69, 9.17) is 23.7 Å². The van der Waals surface area contributed by atoms with E-state index in [0.717, 1.165) is 24.0 Å². The second-order valence-corrected chi connectivity index (χ2v) is 15.9. The van der Waals surface area contributed by atoms with Crippen molar-refractivity contribution in [3.63, 3.8) is 0 Å². The van der Waals surface area contributed by atoms with Gasteiger partial charge in [-0.3, -0.25) is 4.79 Å². The van der Waals surface area contributed by atoms with Gasteiger partial charge in [-0.2, -0.15) is 11.8 Å². The number of carbonyl (C=O) groups is 2. The number of fused-ring (bicyclic) bond motifs is 4. The third kappa shape index (κ3) is 4.01. The van der Waals surface area contributed by atoms with Crippen molar-refractivity contribution in [3.8, 4) is 0 Å². The molecule has 0 amide bonds. The zero-order chi connectivity index (χ0) is 30.7. The van der Waals surface area contributed by atoms with Crippen molar-refractivity contribution in [1.29, 1.82) is 0 Å². The number of rotatable bonds is 8. The standard InChI is InChI=1S/C32H46O10S/c1-15(2)31-11-19(31)26-32(42-26)29(4)9-8-17-18(12-38-27(17)37)20(29)13-39-30(32,5)28(31)41-22(33)7-6-10-43-14-21-24(35)25(36)23(34)16(3)40-21/h15-16,19-21,23-26,28,34-36H,6-14H2,1-5H3/t16?,19-,20-,21+,23-,24+,25+,26-,28-,29-,30+,31+,32+/m0/s1. The van der Waals surface area contributed by atoms with Gasteiger partial charge in [0.2, 0.25) is 0 Å². The van der Waals surface area contributed by atoms with E-state index < -0.39 is 47.8 Å². The Labute approximate surface area is 257 Å². The molecule has 2 saturated carbocycles. The average Bonchev–Trinajstić information content (AvgIpc) is 3.86. The number of esters is 2. The number of hydrogen-bond donors (Lipinski definition) is 3. The molecule has 7 aliphatic rings. The number of thioether (sulfide) groups is 1. The van der Waals surface area contributed by atoms with Crippen LogP contribution in [0.4, 0.5) is 0 Å². The number of epoxide rings is 1. The van der Waals surface area contributed by atoms with Gasteiger partial charge in [0.05, 0.1) is 24.9 Å². The number of carbonyl (C=O) groups excluding carboxylic acids is 2. The van der Waals surface area contributed by atoms with Gasteiger partial charge in [-0.1, -0.05) is 20.8 Å². The Hall–Kier alpha value is -1.21. The summed E-state index contributed by atoms with van der Waals surface area (Å²) in [6.07, 6.45) is -1.72. The third-order valence-corrected chi connectivity index (χ3v) is 13.7. The van der Waals surface area contributed by atoms with E-state index in [-0.39, 0.29) is 41.2 Å².